The molecule has 5 nitrogen and oxygen atoms in total. The van der Waals surface area contributed by atoms with Crippen LogP contribution in [0, 0.1) is 33.6 Å². The summed E-state index contributed by atoms with van der Waals surface area (Å²) < 4.78 is 34.2. The highest BCUT2D eigenvalue weighted by Gasteiger charge is 2.25. The number of furan rings is 1. The maximum Gasteiger partial charge on any atom is 0.241 e. The van der Waals surface area contributed by atoms with Gasteiger partial charge >= 0.3 is 0 Å². The SMILES string of the molecule is Cc1cc(C)c(C)c(S(=O)(=O)NCC2CCN(Cc3ccco3)CC2)c1C. The maximum atomic E-state index is 13.0. The van der Waals surface area contributed by atoms with Crippen molar-refractivity contribution >= 4 is 10.0 Å². The summed E-state index contributed by atoms with van der Waals surface area (Å²) in [5.41, 5.74) is 3.73. The van der Waals surface area contributed by atoms with Gasteiger partial charge in [0.25, 0.3) is 0 Å². The number of likely N-dealkylation sites (tertiary alicyclic amines) is 1. The van der Waals surface area contributed by atoms with Gasteiger partial charge in [0.15, 0.2) is 0 Å². The number of hydrogen-bond acceptors (Lipinski definition) is 4. The summed E-state index contributed by atoms with van der Waals surface area (Å²) in [7, 11) is -3.50. The van der Waals surface area contributed by atoms with E-state index in [9.17, 15) is 8.42 Å². The van der Waals surface area contributed by atoms with E-state index >= 15 is 0 Å². The average Bonchev–Trinajstić information content (AvgIpc) is 3.12. The van der Waals surface area contributed by atoms with Gasteiger partial charge in [-0.3, -0.25) is 4.90 Å². The number of sulfonamides is 1. The van der Waals surface area contributed by atoms with Crippen LogP contribution in [0.3, 0.4) is 0 Å². The van der Waals surface area contributed by atoms with Crippen molar-refractivity contribution in [3.8, 4) is 0 Å². The minimum Gasteiger partial charge on any atom is -0.468 e. The van der Waals surface area contributed by atoms with Gasteiger partial charge < -0.3 is 4.42 Å². The second kappa shape index (κ2) is 8.17. The lowest BCUT2D eigenvalue weighted by atomic mass is 9.97. The average molecular weight is 391 g/mol. The van der Waals surface area contributed by atoms with Gasteiger partial charge in [-0.2, -0.15) is 0 Å². The minimum absolute atomic E-state index is 0.374. The highest BCUT2D eigenvalue weighted by atomic mass is 32.2. The zero-order valence-electron chi connectivity index (χ0n) is 16.7. The summed E-state index contributed by atoms with van der Waals surface area (Å²) in [5, 5.41) is 0. The second-order valence-corrected chi connectivity index (χ2v) is 9.44. The minimum atomic E-state index is -3.50. The van der Waals surface area contributed by atoms with E-state index in [1.165, 1.54) is 0 Å². The number of nitrogens with one attached hydrogen (secondary N) is 1. The molecule has 6 heteroatoms. The zero-order valence-corrected chi connectivity index (χ0v) is 17.5. The maximum absolute atomic E-state index is 13.0. The normalized spacial score (nSPS) is 16.7. The smallest absolute Gasteiger partial charge is 0.241 e. The molecule has 0 bridgehead atoms. The quantitative estimate of drug-likeness (QED) is 0.817. The molecule has 0 spiro atoms. The summed E-state index contributed by atoms with van der Waals surface area (Å²) in [4.78, 5) is 2.82. The lowest BCUT2D eigenvalue weighted by molar-refractivity contribution is 0.168. The monoisotopic (exact) mass is 390 g/mol. The van der Waals surface area contributed by atoms with E-state index in [1.54, 1.807) is 6.26 Å². The molecule has 1 aliphatic heterocycles. The Kier molecular flexibility index (Phi) is 6.08. The van der Waals surface area contributed by atoms with Gasteiger partial charge in [0.1, 0.15) is 5.76 Å². The lowest BCUT2D eigenvalue weighted by Crippen LogP contribution is -2.38. The molecular weight excluding hydrogens is 360 g/mol. The Hall–Kier alpha value is -1.63. The molecule has 0 aliphatic carbocycles. The van der Waals surface area contributed by atoms with Crippen molar-refractivity contribution in [3.63, 3.8) is 0 Å². The fraction of sp³-hybridized carbons (Fsp3) is 0.524. The Morgan fingerprint density at radius 1 is 1.11 bits per heavy atom. The molecule has 1 aromatic heterocycles. The summed E-state index contributed by atoms with van der Waals surface area (Å²) in [5.74, 6) is 1.36. The van der Waals surface area contributed by atoms with Crippen LogP contribution >= 0.6 is 0 Å². The first kappa shape index (κ1) is 20.1. The van der Waals surface area contributed by atoms with Crippen LogP contribution < -0.4 is 4.72 Å². The second-order valence-electron chi connectivity index (χ2n) is 7.74. The third-order valence-corrected chi connectivity index (χ3v) is 7.49. The van der Waals surface area contributed by atoms with Crippen molar-refractivity contribution in [3.05, 3.63) is 52.5 Å². The zero-order chi connectivity index (χ0) is 19.6. The predicted octanol–water partition coefficient (Wildman–Crippen LogP) is 3.70. The molecule has 1 saturated heterocycles. The summed E-state index contributed by atoms with van der Waals surface area (Å²) >= 11 is 0. The van der Waals surface area contributed by atoms with Crippen molar-refractivity contribution in [1.82, 2.24) is 9.62 Å². The van der Waals surface area contributed by atoms with Gasteiger partial charge in [0.05, 0.1) is 17.7 Å². The Morgan fingerprint density at radius 3 is 2.30 bits per heavy atom. The Balaban J connectivity index is 1.59. The van der Waals surface area contributed by atoms with E-state index in [1.807, 2.05) is 39.8 Å². The van der Waals surface area contributed by atoms with Crippen LogP contribution in [-0.4, -0.2) is 33.0 Å². The number of aryl methyl sites for hydroxylation is 2. The first-order chi connectivity index (χ1) is 12.8. The summed E-state index contributed by atoms with van der Waals surface area (Å²) in [6.45, 7) is 11.0. The van der Waals surface area contributed by atoms with E-state index in [4.69, 9.17) is 4.42 Å². The van der Waals surface area contributed by atoms with Crippen molar-refractivity contribution in [2.75, 3.05) is 19.6 Å². The molecule has 3 rings (SSSR count). The number of hydrogen-bond donors (Lipinski definition) is 1. The molecule has 1 aromatic carbocycles. The van der Waals surface area contributed by atoms with E-state index < -0.39 is 10.0 Å². The summed E-state index contributed by atoms with van der Waals surface area (Å²) in [6, 6.07) is 5.96. The van der Waals surface area contributed by atoms with Gasteiger partial charge in [-0.15, -0.1) is 0 Å². The molecule has 2 aromatic rings. The first-order valence-electron chi connectivity index (χ1n) is 9.59. The number of piperidine rings is 1. The van der Waals surface area contributed by atoms with Crippen molar-refractivity contribution in [2.45, 2.75) is 52.0 Å². The molecule has 1 aliphatic rings. The summed E-state index contributed by atoms with van der Waals surface area (Å²) in [6.07, 6.45) is 3.69. The largest absolute Gasteiger partial charge is 0.468 e. The van der Waals surface area contributed by atoms with E-state index in [0.29, 0.717) is 17.4 Å². The topological polar surface area (TPSA) is 62.6 Å². The van der Waals surface area contributed by atoms with Crippen LogP contribution in [-0.2, 0) is 16.6 Å². The van der Waals surface area contributed by atoms with Gasteiger partial charge in [0.2, 0.25) is 10.0 Å². The van der Waals surface area contributed by atoms with Crippen molar-refractivity contribution in [1.29, 1.82) is 0 Å². The van der Waals surface area contributed by atoms with Gasteiger partial charge in [-0.05, 0) is 93.9 Å². The molecular formula is C21H30N2O3S. The molecule has 2 heterocycles. The van der Waals surface area contributed by atoms with E-state index in [2.05, 4.69) is 15.7 Å². The first-order valence-corrected chi connectivity index (χ1v) is 11.1. The molecule has 1 fully saturated rings. The predicted molar refractivity (Wildman–Crippen MR) is 107 cm³/mol. The molecule has 0 amide bonds. The fourth-order valence-corrected chi connectivity index (χ4v) is 5.58. The molecule has 1 N–H and O–H groups in total. The third kappa shape index (κ3) is 4.62. The molecule has 148 valence electrons. The standard InChI is InChI=1S/C21H30N2O3S/c1-15-12-16(2)18(4)21(17(15)3)27(24,25)22-13-19-7-9-23(10-8-19)14-20-6-5-11-26-20/h5-6,11-12,19,22H,7-10,13-14H2,1-4H3. The van der Waals surface area contributed by atoms with Crippen LogP contribution in [0.25, 0.3) is 0 Å². The van der Waals surface area contributed by atoms with Crippen LogP contribution in [0.4, 0.5) is 0 Å². The Bertz CT molecular complexity index is 854. The Morgan fingerprint density at radius 2 is 1.74 bits per heavy atom. The molecule has 0 radical (unpaired) electrons. The van der Waals surface area contributed by atoms with E-state index in [0.717, 1.165) is 60.5 Å². The van der Waals surface area contributed by atoms with Crippen LogP contribution in [0.5, 0.6) is 0 Å². The number of nitrogens with zero attached hydrogens (tertiary/aromatic N) is 1. The highest BCUT2D eigenvalue weighted by Crippen LogP contribution is 2.26. The van der Waals surface area contributed by atoms with Crippen molar-refractivity contribution in [2.24, 2.45) is 5.92 Å². The van der Waals surface area contributed by atoms with E-state index in [-0.39, 0.29) is 0 Å². The molecule has 0 saturated carbocycles. The number of benzene rings is 1. The molecule has 27 heavy (non-hydrogen) atoms. The van der Waals surface area contributed by atoms with Crippen molar-refractivity contribution < 1.29 is 12.8 Å². The lowest BCUT2D eigenvalue weighted by Gasteiger charge is -2.31. The molecule has 0 unspecified atom stereocenters. The Labute approximate surface area is 162 Å². The van der Waals surface area contributed by atoms with Gasteiger partial charge in [-0.1, -0.05) is 6.07 Å². The number of rotatable bonds is 6. The highest BCUT2D eigenvalue weighted by molar-refractivity contribution is 7.89. The van der Waals surface area contributed by atoms with Crippen LogP contribution in [0.2, 0.25) is 0 Å². The third-order valence-electron chi connectivity index (χ3n) is 5.79. The van der Waals surface area contributed by atoms with Gasteiger partial charge in [0, 0.05) is 6.54 Å². The fourth-order valence-electron chi connectivity index (χ4n) is 3.86. The van der Waals surface area contributed by atoms with Crippen LogP contribution in [0.15, 0.2) is 33.8 Å². The van der Waals surface area contributed by atoms with Crippen LogP contribution in [0.1, 0.15) is 40.9 Å². The van der Waals surface area contributed by atoms with Gasteiger partial charge in [-0.25, -0.2) is 13.1 Å². The molecule has 0 atom stereocenters.